The molecule has 2 N–H and O–H groups in total. The van der Waals surface area contributed by atoms with E-state index in [-0.39, 0.29) is 18.3 Å². The molecule has 1 heterocycles. The molecule has 0 radical (unpaired) electrons. The third-order valence-corrected chi connectivity index (χ3v) is 5.61. The van der Waals surface area contributed by atoms with E-state index in [2.05, 4.69) is 10.2 Å². The lowest BCUT2D eigenvalue weighted by Crippen LogP contribution is -2.47. The maximum absolute atomic E-state index is 13.4. The Morgan fingerprint density at radius 3 is 2.85 bits per heavy atom. The number of hydrogen-bond acceptors (Lipinski definition) is 5. The number of aliphatic hydroxyl groups is 1. The van der Waals surface area contributed by atoms with Gasteiger partial charge in [-0.05, 0) is 37.6 Å². The first-order valence-corrected chi connectivity index (χ1v) is 10.5. The van der Waals surface area contributed by atoms with Crippen LogP contribution >= 0.6 is 0 Å². The van der Waals surface area contributed by atoms with Gasteiger partial charge in [0.1, 0.15) is 12.4 Å². The average Bonchev–Trinajstić information content (AvgIpc) is 2.59. The first-order valence-electron chi connectivity index (χ1n) is 8.66. The third kappa shape index (κ3) is 5.93. The second-order valence-corrected chi connectivity index (χ2v) is 8.37. The normalized spacial score (nSPS) is 18.5. The molecule has 0 bridgehead atoms. The van der Waals surface area contributed by atoms with E-state index in [1.807, 2.05) is 0 Å². The summed E-state index contributed by atoms with van der Waals surface area (Å²) in [5, 5.41) is 12.1. The summed E-state index contributed by atoms with van der Waals surface area (Å²) in [4.78, 5) is 14.3. The van der Waals surface area contributed by atoms with Crippen LogP contribution in [-0.4, -0.2) is 69.4 Å². The van der Waals surface area contributed by atoms with Crippen molar-refractivity contribution in [2.45, 2.75) is 25.3 Å². The van der Waals surface area contributed by atoms with E-state index in [9.17, 15) is 22.7 Å². The molecule has 1 aromatic carbocycles. The quantitative estimate of drug-likeness (QED) is 0.680. The van der Waals surface area contributed by atoms with Gasteiger partial charge in [0.2, 0.25) is 15.9 Å². The number of halogens is 1. The Morgan fingerprint density at radius 1 is 1.42 bits per heavy atom. The molecule has 0 aliphatic carbocycles. The van der Waals surface area contributed by atoms with Gasteiger partial charge in [-0.15, -0.1) is 0 Å². The fraction of sp³-hybridized carbons (Fsp3) is 0.588. The van der Waals surface area contributed by atoms with Crippen LogP contribution in [0.25, 0.3) is 0 Å². The second kappa shape index (κ2) is 9.29. The number of carbonyl (C=O) groups excluding carboxylic acids is 1. The van der Waals surface area contributed by atoms with E-state index in [0.29, 0.717) is 13.1 Å². The number of carbonyl (C=O) groups is 1. The number of piperidine rings is 1. The van der Waals surface area contributed by atoms with Crippen LogP contribution in [0.3, 0.4) is 0 Å². The molecule has 26 heavy (non-hydrogen) atoms. The Morgan fingerprint density at radius 2 is 2.19 bits per heavy atom. The summed E-state index contributed by atoms with van der Waals surface area (Å²) in [6.45, 7) is 1.51. The van der Waals surface area contributed by atoms with Crippen molar-refractivity contribution in [1.82, 2.24) is 10.2 Å². The van der Waals surface area contributed by atoms with Gasteiger partial charge >= 0.3 is 0 Å². The zero-order valence-corrected chi connectivity index (χ0v) is 15.7. The molecule has 1 atom stereocenters. The van der Waals surface area contributed by atoms with Crippen LogP contribution < -0.4 is 9.62 Å². The lowest BCUT2D eigenvalue weighted by molar-refractivity contribution is -0.119. The minimum absolute atomic E-state index is 0.0926. The van der Waals surface area contributed by atoms with Crippen LogP contribution in [0, 0.1) is 5.82 Å². The van der Waals surface area contributed by atoms with Crippen LogP contribution in [0.4, 0.5) is 10.1 Å². The highest BCUT2D eigenvalue weighted by Crippen LogP contribution is 2.18. The van der Waals surface area contributed by atoms with Crippen molar-refractivity contribution < 1.29 is 22.7 Å². The summed E-state index contributed by atoms with van der Waals surface area (Å²) in [5.41, 5.74) is 0.110. The number of aliphatic hydroxyl groups excluding tert-OH is 1. The molecule has 1 amide bonds. The summed E-state index contributed by atoms with van der Waals surface area (Å²) in [7, 11) is -3.73. The van der Waals surface area contributed by atoms with Crippen molar-refractivity contribution in [2.24, 2.45) is 0 Å². The number of anilines is 1. The number of hydrogen-bond donors (Lipinski definition) is 2. The van der Waals surface area contributed by atoms with E-state index >= 15 is 0 Å². The molecule has 0 spiro atoms. The topological polar surface area (TPSA) is 90.0 Å². The minimum Gasteiger partial charge on any atom is -0.395 e. The molecule has 1 saturated heterocycles. The number of sulfonamides is 1. The summed E-state index contributed by atoms with van der Waals surface area (Å²) in [5.74, 6) is -1.03. The fourth-order valence-electron chi connectivity index (χ4n) is 3.12. The van der Waals surface area contributed by atoms with Crippen molar-refractivity contribution >= 4 is 21.6 Å². The van der Waals surface area contributed by atoms with Gasteiger partial charge < -0.3 is 10.4 Å². The van der Waals surface area contributed by atoms with Gasteiger partial charge in [0.05, 0.1) is 18.6 Å². The zero-order chi connectivity index (χ0) is 19.2. The van der Waals surface area contributed by atoms with Crippen molar-refractivity contribution in [3.05, 3.63) is 30.1 Å². The lowest BCUT2D eigenvalue weighted by Gasteiger charge is -2.34. The van der Waals surface area contributed by atoms with E-state index in [1.165, 1.54) is 18.2 Å². The molecule has 1 aromatic rings. The zero-order valence-electron chi connectivity index (χ0n) is 14.9. The predicted octanol–water partition coefficient (Wildman–Crippen LogP) is 0.555. The van der Waals surface area contributed by atoms with E-state index in [1.54, 1.807) is 0 Å². The predicted molar refractivity (Wildman–Crippen MR) is 97.9 cm³/mol. The summed E-state index contributed by atoms with van der Waals surface area (Å²) >= 11 is 0. The van der Waals surface area contributed by atoms with Gasteiger partial charge in [-0.1, -0.05) is 12.5 Å². The van der Waals surface area contributed by atoms with Crippen LogP contribution in [0.15, 0.2) is 24.3 Å². The molecule has 7 nitrogen and oxygen atoms in total. The minimum atomic E-state index is -3.73. The van der Waals surface area contributed by atoms with E-state index in [0.717, 1.165) is 42.4 Å². The Bertz CT molecular complexity index is 714. The van der Waals surface area contributed by atoms with Crippen LogP contribution in [-0.2, 0) is 14.8 Å². The molecule has 1 aliphatic heterocycles. The maximum atomic E-state index is 13.4. The highest BCUT2D eigenvalue weighted by molar-refractivity contribution is 7.92. The van der Waals surface area contributed by atoms with Gasteiger partial charge in [-0.3, -0.25) is 14.0 Å². The van der Waals surface area contributed by atoms with Crippen LogP contribution in [0.2, 0.25) is 0 Å². The monoisotopic (exact) mass is 387 g/mol. The Kier molecular flexibility index (Phi) is 7.36. The number of nitrogens with zero attached hydrogens (tertiary/aromatic N) is 2. The van der Waals surface area contributed by atoms with Crippen molar-refractivity contribution in [1.29, 1.82) is 0 Å². The average molecular weight is 387 g/mol. The van der Waals surface area contributed by atoms with Crippen molar-refractivity contribution in [2.75, 3.05) is 43.3 Å². The van der Waals surface area contributed by atoms with E-state index < -0.39 is 28.3 Å². The number of benzene rings is 1. The number of rotatable bonds is 8. The van der Waals surface area contributed by atoms with E-state index in [4.69, 9.17) is 0 Å². The molecule has 1 fully saturated rings. The first kappa shape index (κ1) is 20.6. The maximum Gasteiger partial charge on any atom is 0.240 e. The number of amides is 1. The smallest absolute Gasteiger partial charge is 0.240 e. The Hall–Kier alpha value is -1.71. The van der Waals surface area contributed by atoms with Gasteiger partial charge in [0.25, 0.3) is 0 Å². The standard InChI is InChI=1S/C17H26FN3O4S/c1-26(24,25)21(15-7-4-5-14(18)11-15)12-17(23)19-8-10-20-9-3-2-6-16(20)13-22/h4-5,7,11,16,22H,2-3,6,8-10,12-13H2,1H3,(H,19,23)/t16-/m1/s1. The molecule has 1 aliphatic rings. The largest absolute Gasteiger partial charge is 0.395 e. The van der Waals surface area contributed by atoms with Crippen molar-refractivity contribution in [3.63, 3.8) is 0 Å². The van der Waals surface area contributed by atoms with Crippen LogP contribution in [0.1, 0.15) is 19.3 Å². The molecule has 0 unspecified atom stereocenters. The molecule has 0 aromatic heterocycles. The number of nitrogens with one attached hydrogen (secondary N) is 1. The highest BCUT2D eigenvalue weighted by atomic mass is 32.2. The van der Waals surface area contributed by atoms with Gasteiger partial charge in [0.15, 0.2) is 0 Å². The highest BCUT2D eigenvalue weighted by Gasteiger charge is 2.23. The summed E-state index contributed by atoms with van der Waals surface area (Å²) in [6.07, 6.45) is 4.06. The molecular weight excluding hydrogens is 361 g/mol. The first-order chi connectivity index (χ1) is 12.3. The Balaban J connectivity index is 1.91. The second-order valence-electron chi connectivity index (χ2n) is 6.47. The lowest BCUT2D eigenvalue weighted by atomic mass is 10.0. The summed E-state index contributed by atoms with van der Waals surface area (Å²) < 4.78 is 38.2. The van der Waals surface area contributed by atoms with Crippen molar-refractivity contribution in [3.8, 4) is 0 Å². The molecule has 2 rings (SSSR count). The SMILES string of the molecule is CS(=O)(=O)N(CC(=O)NCCN1CCCC[C@@H]1CO)c1cccc(F)c1. The molecule has 9 heteroatoms. The number of likely N-dealkylation sites (tertiary alicyclic amines) is 1. The fourth-order valence-corrected chi connectivity index (χ4v) is 3.97. The van der Waals surface area contributed by atoms with Gasteiger partial charge in [0, 0.05) is 19.1 Å². The van der Waals surface area contributed by atoms with Gasteiger partial charge in [-0.25, -0.2) is 12.8 Å². The van der Waals surface area contributed by atoms with Gasteiger partial charge in [-0.2, -0.15) is 0 Å². The Labute approximate surface area is 153 Å². The molecule has 0 saturated carbocycles. The van der Waals surface area contributed by atoms with Crippen LogP contribution in [0.5, 0.6) is 0 Å². The summed E-state index contributed by atoms with van der Waals surface area (Å²) in [6, 6.07) is 5.23. The molecule has 146 valence electrons. The molecular formula is C17H26FN3O4S. The third-order valence-electron chi connectivity index (χ3n) is 4.46.